The summed E-state index contributed by atoms with van der Waals surface area (Å²) >= 11 is 3.30. The number of hydrogen-bond acceptors (Lipinski definition) is 3. The first kappa shape index (κ1) is 10.8. The summed E-state index contributed by atoms with van der Waals surface area (Å²) in [5.41, 5.74) is 5.89. The predicted molar refractivity (Wildman–Crippen MR) is 64.3 cm³/mol. The first-order valence-electron chi connectivity index (χ1n) is 4.57. The van der Waals surface area contributed by atoms with E-state index in [0.29, 0.717) is 17.1 Å². The Morgan fingerprint density at radius 3 is 2.50 bits per heavy atom. The fourth-order valence-electron chi connectivity index (χ4n) is 1.22. The van der Waals surface area contributed by atoms with Crippen molar-refractivity contribution < 1.29 is 9.53 Å². The summed E-state index contributed by atoms with van der Waals surface area (Å²) in [7, 11) is 0. The van der Waals surface area contributed by atoms with E-state index in [-0.39, 0.29) is 0 Å². The first-order valence-corrected chi connectivity index (χ1v) is 5.37. The highest BCUT2D eigenvalue weighted by Crippen LogP contribution is 2.18. The van der Waals surface area contributed by atoms with Crippen LogP contribution in [0.3, 0.4) is 0 Å². The van der Waals surface area contributed by atoms with Crippen molar-refractivity contribution in [3.63, 3.8) is 0 Å². The van der Waals surface area contributed by atoms with E-state index in [4.69, 9.17) is 10.5 Å². The highest BCUT2D eigenvalue weighted by molar-refractivity contribution is 9.10. The Morgan fingerprint density at radius 1 is 1.25 bits per heavy atom. The number of nitrogen functional groups attached to an aromatic ring is 1. The van der Waals surface area contributed by atoms with Crippen molar-refractivity contribution in [3.8, 4) is 5.75 Å². The number of nitrogens with one attached hydrogen (secondary N) is 1. The second kappa shape index (κ2) is 4.40. The molecule has 16 heavy (non-hydrogen) atoms. The topological polar surface area (TPSA) is 68.1 Å². The van der Waals surface area contributed by atoms with Gasteiger partial charge in [0.05, 0.1) is 0 Å². The van der Waals surface area contributed by atoms with Gasteiger partial charge in [0.2, 0.25) is 0 Å². The van der Waals surface area contributed by atoms with Gasteiger partial charge in [-0.25, -0.2) is 4.79 Å². The molecule has 1 heterocycles. The molecule has 5 heteroatoms. The SMILES string of the molecule is Nc1[nH]ccc1C(=O)Oc1ccc(Br)cc1. The number of ether oxygens (including phenoxy) is 1. The smallest absolute Gasteiger partial charge is 0.347 e. The molecule has 0 aliphatic rings. The Morgan fingerprint density at radius 2 is 1.94 bits per heavy atom. The summed E-state index contributed by atoms with van der Waals surface area (Å²) in [5, 5.41) is 0. The number of aromatic nitrogens is 1. The number of H-pyrrole nitrogens is 1. The van der Waals surface area contributed by atoms with Gasteiger partial charge in [0.15, 0.2) is 0 Å². The third-order valence-electron chi connectivity index (χ3n) is 2.02. The molecule has 0 saturated heterocycles. The van der Waals surface area contributed by atoms with Crippen LogP contribution in [0.5, 0.6) is 5.75 Å². The molecule has 2 aromatic rings. The quantitative estimate of drug-likeness (QED) is 0.656. The maximum Gasteiger partial charge on any atom is 0.347 e. The first-order chi connectivity index (χ1) is 7.66. The normalized spacial score (nSPS) is 10.1. The molecule has 0 aliphatic carbocycles. The lowest BCUT2D eigenvalue weighted by Crippen LogP contribution is -2.09. The molecule has 4 nitrogen and oxygen atoms in total. The zero-order valence-electron chi connectivity index (χ0n) is 8.24. The summed E-state index contributed by atoms with van der Waals surface area (Å²) in [6, 6.07) is 8.57. The number of benzene rings is 1. The number of rotatable bonds is 2. The summed E-state index contributed by atoms with van der Waals surface area (Å²) in [4.78, 5) is 14.4. The number of esters is 1. The van der Waals surface area contributed by atoms with E-state index < -0.39 is 5.97 Å². The Balaban J connectivity index is 2.14. The van der Waals surface area contributed by atoms with Gasteiger partial charge < -0.3 is 15.5 Å². The van der Waals surface area contributed by atoms with E-state index >= 15 is 0 Å². The fraction of sp³-hybridized carbons (Fsp3) is 0. The van der Waals surface area contributed by atoms with E-state index in [1.807, 2.05) is 0 Å². The zero-order valence-corrected chi connectivity index (χ0v) is 9.82. The minimum absolute atomic E-state index is 0.308. The second-order valence-electron chi connectivity index (χ2n) is 3.15. The minimum Gasteiger partial charge on any atom is -0.423 e. The van der Waals surface area contributed by atoms with Crippen molar-refractivity contribution in [3.05, 3.63) is 46.6 Å². The molecule has 3 N–H and O–H groups in total. The van der Waals surface area contributed by atoms with E-state index in [1.165, 1.54) is 0 Å². The molecule has 0 saturated carbocycles. The predicted octanol–water partition coefficient (Wildman–Crippen LogP) is 2.58. The monoisotopic (exact) mass is 280 g/mol. The lowest BCUT2D eigenvalue weighted by Gasteiger charge is -2.03. The van der Waals surface area contributed by atoms with Crippen LogP contribution in [0.15, 0.2) is 41.0 Å². The maximum atomic E-state index is 11.6. The average Bonchev–Trinajstić information content (AvgIpc) is 2.68. The number of aromatic amines is 1. The standard InChI is InChI=1S/C11H9BrN2O2/c12-7-1-3-8(4-2-7)16-11(15)9-5-6-14-10(9)13/h1-6,14H,13H2. The third-order valence-corrected chi connectivity index (χ3v) is 2.55. The van der Waals surface area contributed by atoms with Gasteiger partial charge >= 0.3 is 5.97 Å². The molecular formula is C11H9BrN2O2. The van der Waals surface area contributed by atoms with Crippen LogP contribution in [-0.4, -0.2) is 11.0 Å². The minimum atomic E-state index is -0.471. The van der Waals surface area contributed by atoms with Crippen molar-refractivity contribution in [2.45, 2.75) is 0 Å². The summed E-state index contributed by atoms with van der Waals surface area (Å²) in [6.45, 7) is 0. The van der Waals surface area contributed by atoms with Crippen molar-refractivity contribution in [2.24, 2.45) is 0 Å². The molecule has 0 atom stereocenters. The van der Waals surface area contributed by atoms with Gasteiger partial charge in [-0.15, -0.1) is 0 Å². The number of hydrogen-bond donors (Lipinski definition) is 2. The molecule has 82 valence electrons. The number of halogens is 1. The van der Waals surface area contributed by atoms with Crippen molar-refractivity contribution in [1.29, 1.82) is 0 Å². The van der Waals surface area contributed by atoms with Crippen LogP contribution >= 0.6 is 15.9 Å². The van der Waals surface area contributed by atoms with Crippen LogP contribution in [0.25, 0.3) is 0 Å². The van der Waals surface area contributed by atoms with Gasteiger partial charge in [-0.05, 0) is 30.3 Å². The van der Waals surface area contributed by atoms with Gasteiger partial charge in [-0.3, -0.25) is 0 Å². The zero-order chi connectivity index (χ0) is 11.5. The molecule has 0 aliphatic heterocycles. The molecule has 0 amide bonds. The van der Waals surface area contributed by atoms with E-state index in [2.05, 4.69) is 20.9 Å². The second-order valence-corrected chi connectivity index (χ2v) is 4.06. The summed E-state index contributed by atoms with van der Waals surface area (Å²) < 4.78 is 6.06. The van der Waals surface area contributed by atoms with Gasteiger partial charge in [-0.2, -0.15) is 0 Å². The lowest BCUT2D eigenvalue weighted by atomic mass is 10.3. The van der Waals surface area contributed by atoms with Gasteiger partial charge in [0, 0.05) is 10.7 Å². The van der Waals surface area contributed by atoms with Crippen molar-refractivity contribution in [2.75, 3.05) is 5.73 Å². The average molecular weight is 281 g/mol. The van der Waals surface area contributed by atoms with E-state index in [9.17, 15) is 4.79 Å². The molecule has 1 aromatic heterocycles. The van der Waals surface area contributed by atoms with Crippen LogP contribution in [0.4, 0.5) is 5.82 Å². The molecule has 2 rings (SSSR count). The van der Waals surface area contributed by atoms with Gasteiger partial charge in [0.25, 0.3) is 0 Å². The molecule has 0 radical (unpaired) electrons. The molecule has 0 unspecified atom stereocenters. The largest absolute Gasteiger partial charge is 0.423 e. The Kier molecular flexibility index (Phi) is 2.96. The van der Waals surface area contributed by atoms with Crippen LogP contribution in [0, 0.1) is 0 Å². The Hall–Kier alpha value is -1.75. The Bertz CT molecular complexity index is 505. The number of nitrogens with two attached hydrogens (primary N) is 1. The Labute approximate surface area is 101 Å². The highest BCUT2D eigenvalue weighted by Gasteiger charge is 2.12. The van der Waals surface area contributed by atoms with Crippen LogP contribution < -0.4 is 10.5 Å². The molecule has 0 spiro atoms. The van der Waals surface area contributed by atoms with Gasteiger partial charge in [-0.1, -0.05) is 15.9 Å². The fourth-order valence-corrected chi connectivity index (χ4v) is 1.49. The maximum absolute atomic E-state index is 11.6. The van der Waals surface area contributed by atoms with Crippen molar-refractivity contribution in [1.82, 2.24) is 4.98 Å². The van der Waals surface area contributed by atoms with E-state index in [1.54, 1.807) is 36.5 Å². The van der Waals surface area contributed by atoms with Crippen LogP contribution in [0.2, 0.25) is 0 Å². The number of carbonyl (C=O) groups is 1. The van der Waals surface area contributed by atoms with Crippen molar-refractivity contribution >= 4 is 27.7 Å². The van der Waals surface area contributed by atoms with E-state index in [0.717, 1.165) is 4.47 Å². The molecule has 1 aromatic carbocycles. The van der Waals surface area contributed by atoms with Gasteiger partial charge in [0.1, 0.15) is 17.1 Å². The number of carbonyl (C=O) groups excluding carboxylic acids is 1. The highest BCUT2D eigenvalue weighted by atomic mass is 79.9. The van der Waals surface area contributed by atoms with Crippen LogP contribution in [-0.2, 0) is 0 Å². The molecule has 0 bridgehead atoms. The molecular weight excluding hydrogens is 272 g/mol. The lowest BCUT2D eigenvalue weighted by molar-refractivity contribution is 0.0736. The number of anilines is 1. The van der Waals surface area contributed by atoms with Crippen LogP contribution in [0.1, 0.15) is 10.4 Å². The summed E-state index contributed by atoms with van der Waals surface area (Å²) in [5.74, 6) is 0.317. The molecule has 0 fully saturated rings. The summed E-state index contributed by atoms with van der Waals surface area (Å²) in [6.07, 6.45) is 1.59. The third kappa shape index (κ3) is 2.25.